The minimum absolute atomic E-state index is 0.0156. The Balaban J connectivity index is 2.10. The highest BCUT2D eigenvalue weighted by Crippen LogP contribution is 2.37. The molecule has 9 heteroatoms. The molecule has 0 spiro atoms. The maximum absolute atomic E-state index is 12.1. The summed E-state index contributed by atoms with van der Waals surface area (Å²) in [6, 6.07) is 1.80. The molecule has 21 heavy (non-hydrogen) atoms. The van der Waals surface area contributed by atoms with Crippen LogP contribution in [0.5, 0.6) is 0 Å². The molecule has 1 fully saturated rings. The molecular weight excluding hydrogens is 307 g/mol. The first-order chi connectivity index (χ1) is 9.73. The van der Waals surface area contributed by atoms with Crippen LogP contribution in [0.15, 0.2) is 17.2 Å². The topological polar surface area (TPSA) is 63.1 Å². The number of halogens is 3. The Morgan fingerprint density at radius 2 is 2.05 bits per heavy atom. The van der Waals surface area contributed by atoms with E-state index in [9.17, 15) is 21.6 Å². The quantitative estimate of drug-likeness (QED) is 0.803. The largest absolute Gasteiger partial charge is 0.390 e. The summed E-state index contributed by atoms with van der Waals surface area (Å²) in [7, 11) is -2.16. The zero-order valence-electron chi connectivity index (χ0n) is 11.6. The van der Waals surface area contributed by atoms with Gasteiger partial charge in [-0.25, -0.2) is 13.1 Å². The van der Waals surface area contributed by atoms with Crippen molar-refractivity contribution in [3.8, 4) is 0 Å². The van der Waals surface area contributed by atoms with Gasteiger partial charge in [0.25, 0.3) is 0 Å². The Morgan fingerprint density at radius 3 is 2.57 bits per heavy atom. The second kappa shape index (κ2) is 5.98. The molecule has 0 saturated heterocycles. The van der Waals surface area contributed by atoms with E-state index in [2.05, 4.69) is 5.32 Å². The summed E-state index contributed by atoms with van der Waals surface area (Å²) < 4.78 is 64.1. The summed E-state index contributed by atoms with van der Waals surface area (Å²) in [5.74, 6) is 0. The molecule has 2 N–H and O–H groups in total. The van der Waals surface area contributed by atoms with E-state index in [-0.39, 0.29) is 4.90 Å². The fourth-order valence-corrected chi connectivity index (χ4v) is 3.15. The van der Waals surface area contributed by atoms with Crippen LogP contribution in [0.3, 0.4) is 0 Å². The number of nitrogens with one attached hydrogen (secondary N) is 2. The highest BCUT2D eigenvalue weighted by molar-refractivity contribution is 7.89. The van der Waals surface area contributed by atoms with Crippen LogP contribution in [-0.2, 0) is 16.6 Å². The average Bonchev–Trinajstić information content (AvgIpc) is 3.09. The van der Waals surface area contributed by atoms with Crippen LogP contribution in [0.25, 0.3) is 0 Å². The van der Waals surface area contributed by atoms with Gasteiger partial charge in [0.2, 0.25) is 10.0 Å². The second-order valence-electron chi connectivity index (χ2n) is 5.10. The molecule has 0 unspecified atom stereocenters. The summed E-state index contributed by atoms with van der Waals surface area (Å²) in [5.41, 5.74) is 0.816. The number of alkyl halides is 3. The third-order valence-corrected chi connectivity index (χ3v) is 4.64. The van der Waals surface area contributed by atoms with E-state index in [0.717, 1.165) is 18.5 Å². The number of sulfonamides is 1. The van der Waals surface area contributed by atoms with Gasteiger partial charge in [0.15, 0.2) is 0 Å². The van der Waals surface area contributed by atoms with Crippen molar-refractivity contribution < 1.29 is 21.6 Å². The molecule has 0 aromatic carbocycles. The van der Waals surface area contributed by atoms with Crippen LogP contribution < -0.4 is 10.0 Å². The monoisotopic (exact) mass is 325 g/mol. The molecular formula is C12H18F3N3O2S. The minimum Gasteiger partial charge on any atom is -0.346 e. The van der Waals surface area contributed by atoms with Crippen LogP contribution >= 0.6 is 0 Å². The summed E-state index contributed by atoms with van der Waals surface area (Å²) in [4.78, 5) is 0.0156. The van der Waals surface area contributed by atoms with Gasteiger partial charge in [-0.1, -0.05) is 0 Å². The molecule has 2 rings (SSSR count). The van der Waals surface area contributed by atoms with E-state index in [4.69, 9.17) is 0 Å². The summed E-state index contributed by atoms with van der Waals surface area (Å²) in [6.07, 6.45) is -2.07. The first-order valence-corrected chi connectivity index (χ1v) is 8.13. The lowest BCUT2D eigenvalue weighted by Gasteiger charge is -2.07. The van der Waals surface area contributed by atoms with Gasteiger partial charge in [0, 0.05) is 31.0 Å². The Bertz CT molecular complexity index is 591. The second-order valence-corrected chi connectivity index (χ2v) is 6.87. The molecule has 1 aliphatic carbocycles. The predicted octanol–water partition coefficient (Wildman–Crippen LogP) is 1.77. The van der Waals surface area contributed by atoms with Crippen LogP contribution in [0, 0.1) is 0 Å². The molecule has 1 aliphatic rings. The van der Waals surface area contributed by atoms with Crippen molar-refractivity contribution in [1.82, 2.24) is 14.6 Å². The number of rotatable bonds is 7. The zero-order valence-corrected chi connectivity index (χ0v) is 12.4. The maximum atomic E-state index is 12.1. The molecule has 1 aromatic heterocycles. The Morgan fingerprint density at radius 1 is 1.38 bits per heavy atom. The lowest BCUT2D eigenvalue weighted by atomic mass is 10.4. The lowest BCUT2D eigenvalue weighted by molar-refractivity contribution is -0.132. The van der Waals surface area contributed by atoms with Crippen molar-refractivity contribution in [2.24, 2.45) is 0 Å². The van der Waals surface area contributed by atoms with Gasteiger partial charge in [-0.15, -0.1) is 0 Å². The van der Waals surface area contributed by atoms with Crippen LogP contribution in [0.1, 0.15) is 31.0 Å². The molecule has 120 valence electrons. The maximum Gasteiger partial charge on any atom is 0.390 e. The Hall–Kier alpha value is -1.06. The SMILES string of the molecule is CNCc1cc(S(=O)(=O)NCCC(F)(F)F)cn1C1CC1. The van der Waals surface area contributed by atoms with Crippen LogP contribution in [-0.4, -0.2) is 32.8 Å². The zero-order chi connectivity index (χ0) is 15.7. The number of aromatic nitrogens is 1. The van der Waals surface area contributed by atoms with Crippen LogP contribution in [0.4, 0.5) is 13.2 Å². The van der Waals surface area contributed by atoms with Gasteiger partial charge in [-0.05, 0) is 26.0 Å². The van der Waals surface area contributed by atoms with E-state index in [0.29, 0.717) is 12.6 Å². The van der Waals surface area contributed by atoms with Gasteiger partial charge >= 0.3 is 6.18 Å². The molecule has 0 radical (unpaired) electrons. The summed E-state index contributed by atoms with van der Waals surface area (Å²) in [5, 5.41) is 2.95. The summed E-state index contributed by atoms with van der Waals surface area (Å²) >= 11 is 0. The van der Waals surface area contributed by atoms with Crippen LogP contribution in [0.2, 0.25) is 0 Å². The third-order valence-electron chi connectivity index (χ3n) is 3.22. The first kappa shape index (κ1) is 16.3. The molecule has 0 aliphatic heterocycles. The van der Waals surface area contributed by atoms with Crippen molar-refractivity contribution in [1.29, 1.82) is 0 Å². The molecule has 0 bridgehead atoms. The fourth-order valence-electron chi connectivity index (χ4n) is 2.07. The van der Waals surface area contributed by atoms with Gasteiger partial charge in [-0.3, -0.25) is 0 Å². The molecule has 1 heterocycles. The molecule has 5 nitrogen and oxygen atoms in total. The highest BCUT2D eigenvalue weighted by atomic mass is 32.2. The summed E-state index contributed by atoms with van der Waals surface area (Å²) in [6.45, 7) is -0.142. The van der Waals surface area contributed by atoms with Crippen molar-refractivity contribution >= 4 is 10.0 Å². The van der Waals surface area contributed by atoms with Gasteiger partial charge in [0.05, 0.1) is 11.3 Å². The molecule has 0 amide bonds. The van der Waals surface area contributed by atoms with Gasteiger partial charge < -0.3 is 9.88 Å². The minimum atomic E-state index is -4.38. The van der Waals surface area contributed by atoms with Crippen molar-refractivity contribution in [3.05, 3.63) is 18.0 Å². The average molecular weight is 325 g/mol. The fraction of sp³-hybridized carbons (Fsp3) is 0.667. The third kappa shape index (κ3) is 4.45. The number of hydrogen-bond donors (Lipinski definition) is 2. The Labute approximate surface area is 121 Å². The highest BCUT2D eigenvalue weighted by Gasteiger charge is 2.30. The normalized spacial score (nSPS) is 16.4. The standard InChI is InChI=1S/C12H18F3N3O2S/c1-16-7-10-6-11(8-18(10)9-2-3-9)21(19,20)17-5-4-12(13,14)15/h6,8-9,16-17H,2-5,7H2,1H3. The smallest absolute Gasteiger partial charge is 0.346 e. The van der Waals surface area contributed by atoms with E-state index < -0.39 is 29.2 Å². The van der Waals surface area contributed by atoms with Crippen molar-refractivity contribution in [2.75, 3.05) is 13.6 Å². The molecule has 0 atom stereocenters. The van der Waals surface area contributed by atoms with E-state index in [1.54, 1.807) is 7.05 Å². The Kier molecular flexibility index (Phi) is 4.64. The molecule has 1 saturated carbocycles. The first-order valence-electron chi connectivity index (χ1n) is 6.65. The number of hydrogen-bond acceptors (Lipinski definition) is 3. The van der Waals surface area contributed by atoms with Gasteiger partial charge in [-0.2, -0.15) is 13.2 Å². The van der Waals surface area contributed by atoms with E-state index in [1.165, 1.54) is 12.3 Å². The molecule has 1 aromatic rings. The van der Waals surface area contributed by atoms with E-state index >= 15 is 0 Å². The van der Waals surface area contributed by atoms with Crippen molar-refractivity contribution in [2.45, 2.75) is 42.9 Å². The predicted molar refractivity (Wildman–Crippen MR) is 71.3 cm³/mol. The van der Waals surface area contributed by atoms with Crippen molar-refractivity contribution in [3.63, 3.8) is 0 Å². The van der Waals surface area contributed by atoms with E-state index in [1.807, 2.05) is 9.29 Å². The number of nitrogens with zero attached hydrogens (tertiary/aromatic N) is 1. The van der Waals surface area contributed by atoms with Gasteiger partial charge in [0.1, 0.15) is 0 Å². The lowest BCUT2D eigenvalue weighted by Crippen LogP contribution is -2.27.